The second-order valence-electron chi connectivity index (χ2n) is 12.6. The monoisotopic (exact) mass is 585 g/mol. The van der Waals surface area contributed by atoms with Crippen molar-refractivity contribution in [3.05, 3.63) is 74.8 Å². The number of fused-ring (bicyclic) bond motifs is 2. The Kier molecular flexibility index (Phi) is 8.31. The zero-order valence-electron chi connectivity index (χ0n) is 26.0. The zero-order chi connectivity index (χ0) is 30.3. The fraction of sp³-hybridized carbons (Fsp3) is 0.500. The smallest absolute Gasteiger partial charge is 0.127 e. The van der Waals surface area contributed by atoms with Crippen LogP contribution in [0, 0.1) is 18.3 Å². The van der Waals surface area contributed by atoms with Crippen LogP contribution in [0.15, 0.2) is 24.8 Å². The molecular weight excluding hydrogens is 542 g/mol. The second-order valence-corrected chi connectivity index (χ2v) is 13.0. The van der Waals surface area contributed by atoms with Gasteiger partial charge in [-0.3, -0.25) is 9.67 Å². The molecule has 0 fully saturated rings. The molecule has 1 aliphatic heterocycles. The molecule has 0 radical (unpaired) electrons. The van der Waals surface area contributed by atoms with E-state index < -0.39 is 0 Å². The SMILES string of the molecule is C=C(c1nn2c(c1Cl)CN(c1cc(CC)nc(C)c1CCC1(C)CCC(C)c3ccc(N)c(C#N)c31)CCC2)N(C)C. The third-order valence-electron chi connectivity index (χ3n) is 9.58. The molecule has 2 atom stereocenters. The fourth-order valence-corrected chi connectivity index (χ4v) is 7.19. The van der Waals surface area contributed by atoms with Gasteiger partial charge < -0.3 is 15.5 Å². The van der Waals surface area contributed by atoms with Crippen LogP contribution in [0.5, 0.6) is 0 Å². The summed E-state index contributed by atoms with van der Waals surface area (Å²) in [5.74, 6) is 0.420. The van der Waals surface area contributed by atoms with E-state index in [0.29, 0.717) is 28.7 Å². The van der Waals surface area contributed by atoms with Gasteiger partial charge in [-0.2, -0.15) is 10.4 Å². The minimum atomic E-state index is -0.141. The maximum absolute atomic E-state index is 10.1. The van der Waals surface area contributed by atoms with Crippen molar-refractivity contribution in [2.24, 2.45) is 0 Å². The average molecular weight is 586 g/mol. The van der Waals surface area contributed by atoms with Crippen molar-refractivity contribution < 1.29 is 0 Å². The molecule has 8 heteroatoms. The molecule has 2 aromatic heterocycles. The molecular formula is C34H44ClN7. The highest BCUT2D eigenvalue weighted by molar-refractivity contribution is 6.32. The lowest BCUT2D eigenvalue weighted by molar-refractivity contribution is 0.346. The van der Waals surface area contributed by atoms with Crippen LogP contribution >= 0.6 is 11.6 Å². The van der Waals surface area contributed by atoms with Gasteiger partial charge in [0, 0.05) is 49.9 Å². The molecule has 0 bridgehead atoms. The summed E-state index contributed by atoms with van der Waals surface area (Å²) in [4.78, 5) is 9.44. The Bertz CT molecular complexity index is 1560. The van der Waals surface area contributed by atoms with Gasteiger partial charge in [0.25, 0.3) is 0 Å². The van der Waals surface area contributed by atoms with Crippen LogP contribution in [0.3, 0.4) is 0 Å². The Morgan fingerprint density at radius 3 is 2.76 bits per heavy atom. The normalized spacial score (nSPS) is 20.0. The van der Waals surface area contributed by atoms with Gasteiger partial charge in [0.15, 0.2) is 0 Å². The lowest BCUT2D eigenvalue weighted by Crippen LogP contribution is -2.32. The van der Waals surface area contributed by atoms with Gasteiger partial charge in [-0.25, -0.2) is 0 Å². The van der Waals surface area contributed by atoms with Crippen LogP contribution < -0.4 is 10.6 Å². The molecule has 2 N–H and O–H groups in total. The van der Waals surface area contributed by atoms with E-state index in [-0.39, 0.29) is 5.41 Å². The third-order valence-corrected chi connectivity index (χ3v) is 9.98. The molecule has 0 saturated heterocycles. The van der Waals surface area contributed by atoms with Crippen LogP contribution in [0.2, 0.25) is 5.02 Å². The van der Waals surface area contributed by atoms with Crippen LogP contribution in [0.4, 0.5) is 11.4 Å². The van der Waals surface area contributed by atoms with Gasteiger partial charge in [0.2, 0.25) is 0 Å². The van der Waals surface area contributed by atoms with E-state index >= 15 is 0 Å². The number of benzene rings is 1. The quantitative estimate of drug-likeness (QED) is 0.301. The molecule has 2 unspecified atom stereocenters. The van der Waals surface area contributed by atoms with Crippen molar-refractivity contribution in [2.75, 3.05) is 31.3 Å². The highest BCUT2D eigenvalue weighted by Crippen LogP contribution is 2.48. The zero-order valence-corrected chi connectivity index (χ0v) is 26.8. The van der Waals surface area contributed by atoms with Crippen LogP contribution in [0.1, 0.15) is 97.4 Å². The number of nitrogens with two attached hydrogens (primary N) is 1. The summed E-state index contributed by atoms with van der Waals surface area (Å²) in [7, 11) is 3.93. The Labute approximate surface area is 256 Å². The first-order valence-electron chi connectivity index (χ1n) is 15.2. The molecule has 42 heavy (non-hydrogen) atoms. The van der Waals surface area contributed by atoms with Crippen molar-refractivity contribution in [2.45, 2.75) is 90.6 Å². The summed E-state index contributed by atoms with van der Waals surface area (Å²) in [5, 5.41) is 15.7. The molecule has 1 aliphatic carbocycles. The van der Waals surface area contributed by atoms with Crippen LogP contribution in [-0.4, -0.2) is 40.3 Å². The molecule has 0 spiro atoms. The number of aromatic nitrogens is 3. The summed E-state index contributed by atoms with van der Waals surface area (Å²) in [6.07, 6.45) is 5.77. The first-order valence-corrected chi connectivity index (χ1v) is 15.6. The molecule has 0 amide bonds. The number of nitrogen functional groups attached to an aromatic ring is 1. The van der Waals surface area contributed by atoms with Crippen molar-refractivity contribution in [1.29, 1.82) is 5.26 Å². The highest BCUT2D eigenvalue weighted by Gasteiger charge is 2.38. The van der Waals surface area contributed by atoms with Crippen LogP contribution in [-0.2, 0) is 31.3 Å². The number of hydrogen-bond acceptors (Lipinski definition) is 6. The maximum Gasteiger partial charge on any atom is 0.127 e. The van der Waals surface area contributed by atoms with E-state index in [1.165, 1.54) is 16.8 Å². The van der Waals surface area contributed by atoms with Crippen molar-refractivity contribution >= 4 is 28.7 Å². The molecule has 3 heterocycles. The fourth-order valence-electron chi connectivity index (χ4n) is 6.88. The minimum Gasteiger partial charge on any atom is -0.398 e. The summed E-state index contributed by atoms with van der Waals surface area (Å²) >= 11 is 6.97. The topological polar surface area (TPSA) is 87.0 Å². The number of pyridine rings is 1. The molecule has 1 aromatic carbocycles. The number of nitrogens with zero attached hydrogens (tertiary/aromatic N) is 6. The van der Waals surface area contributed by atoms with E-state index in [9.17, 15) is 5.26 Å². The standard InChI is InChI=1S/C34H44ClN7/c1-8-24-18-29(41-16-9-17-42-30(20-41)32(35)33(39-42)23(4)40(6)7)26(22(3)38-24)13-15-34(5)14-12-21(2)25-10-11-28(37)27(19-36)31(25)34/h10-11,18,21H,4,8-9,12-17,20,37H2,1-3,5-7H3. The summed E-state index contributed by atoms with van der Waals surface area (Å²) < 4.78 is 2.07. The number of anilines is 2. The van der Waals surface area contributed by atoms with E-state index in [1.807, 2.05) is 25.1 Å². The number of hydrogen-bond donors (Lipinski definition) is 1. The Morgan fingerprint density at radius 1 is 1.31 bits per heavy atom. The number of rotatable bonds is 7. The first kappa shape index (κ1) is 30.0. The van der Waals surface area contributed by atoms with Gasteiger partial charge in [-0.05, 0) is 85.6 Å². The van der Waals surface area contributed by atoms with E-state index in [4.69, 9.17) is 27.4 Å². The molecule has 222 valence electrons. The Hall–Kier alpha value is -3.50. The molecule has 0 saturated carbocycles. The Balaban J connectivity index is 1.52. The second kappa shape index (κ2) is 11.6. The van der Waals surface area contributed by atoms with Crippen LogP contribution in [0.25, 0.3) is 5.70 Å². The molecule has 3 aromatic rings. The van der Waals surface area contributed by atoms with Crippen molar-refractivity contribution in [3.8, 4) is 6.07 Å². The molecule has 7 nitrogen and oxygen atoms in total. The third kappa shape index (κ3) is 5.26. The van der Waals surface area contributed by atoms with E-state index in [0.717, 1.165) is 85.7 Å². The highest BCUT2D eigenvalue weighted by atomic mass is 35.5. The minimum absolute atomic E-state index is 0.141. The number of nitriles is 1. The van der Waals surface area contributed by atoms with E-state index in [2.05, 4.69) is 62.1 Å². The van der Waals surface area contributed by atoms with Gasteiger partial charge in [-0.15, -0.1) is 0 Å². The predicted molar refractivity (Wildman–Crippen MR) is 173 cm³/mol. The summed E-state index contributed by atoms with van der Waals surface area (Å²) in [6, 6.07) is 8.78. The summed E-state index contributed by atoms with van der Waals surface area (Å²) in [5.41, 5.74) is 17.2. The lowest BCUT2D eigenvalue weighted by Gasteiger charge is -2.40. The molecule has 5 rings (SSSR count). The maximum atomic E-state index is 10.1. The molecule has 2 aliphatic rings. The van der Waals surface area contributed by atoms with Crippen molar-refractivity contribution in [1.82, 2.24) is 19.7 Å². The van der Waals surface area contributed by atoms with Crippen molar-refractivity contribution in [3.63, 3.8) is 0 Å². The summed E-state index contributed by atoms with van der Waals surface area (Å²) in [6.45, 7) is 15.5. The predicted octanol–water partition coefficient (Wildman–Crippen LogP) is 6.99. The van der Waals surface area contributed by atoms with Gasteiger partial charge in [0.1, 0.15) is 11.8 Å². The lowest BCUT2D eigenvalue weighted by atomic mass is 9.64. The number of halogens is 1. The first-order chi connectivity index (χ1) is 20.0. The van der Waals surface area contributed by atoms with E-state index in [1.54, 1.807) is 0 Å². The number of aryl methyl sites for hydroxylation is 3. The van der Waals surface area contributed by atoms with Gasteiger partial charge >= 0.3 is 0 Å². The average Bonchev–Trinajstić information content (AvgIpc) is 3.12. The Morgan fingerprint density at radius 2 is 2.07 bits per heavy atom. The van der Waals surface area contributed by atoms with Gasteiger partial charge in [-0.1, -0.05) is 45.0 Å². The van der Waals surface area contributed by atoms with Gasteiger partial charge in [0.05, 0.1) is 28.5 Å². The largest absolute Gasteiger partial charge is 0.398 e.